The summed E-state index contributed by atoms with van der Waals surface area (Å²) in [6.07, 6.45) is 0.547. The first-order valence-corrected chi connectivity index (χ1v) is 6.38. The highest BCUT2D eigenvalue weighted by Crippen LogP contribution is 2.16. The normalized spacial score (nSPS) is 19.2. The average molecular weight is 264 g/mol. The number of amides is 2. The first kappa shape index (κ1) is 13.5. The van der Waals surface area contributed by atoms with Crippen molar-refractivity contribution in [2.75, 3.05) is 13.1 Å². The molecule has 1 fully saturated rings. The van der Waals surface area contributed by atoms with Gasteiger partial charge in [-0.25, -0.2) is 4.39 Å². The van der Waals surface area contributed by atoms with E-state index in [9.17, 15) is 14.0 Å². The Morgan fingerprint density at radius 1 is 1.47 bits per heavy atom. The number of halogens is 1. The molecule has 0 spiro atoms. The van der Waals surface area contributed by atoms with Crippen LogP contribution in [0.3, 0.4) is 0 Å². The molecule has 2 amide bonds. The summed E-state index contributed by atoms with van der Waals surface area (Å²) >= 11 is 0. The zero-order valence-corrected chi connectivity index (χ0v) is 11.1. The maximum Gasteiger partial charge on any atom is 0.254 e. The quantitative estimate of drug-likeness (QED) is 0.879. The maximum absolute atomic E-state index is 13.4. The van der Waals surface area contributed by atoms with E-state index in [2.05, 4.69) is 5.32 Å². The minimum atomic E-state index is -0.468. The van der Waals surface area contributed by atoms with Crippen molar-refractivity contribution in [1.29, 1.82) is 0 Å². The predicted octanol–water partition coefficient (Wildman–Crippen LogP) is 1.48. The van der Waals surface area contributed by atoms with Gasteiger partial charge in [0.2, 0.25) is 5.91 Å². The van der Waals surface area contributed by atoms with Crippen molar-refractivity contribution in [3.63, 3.8) is 0 Å². The van der Waals surface area contributed by atoms with Crippen LogP contribution in [-0.2, 0) is 4.79 Å². The van der Waals surface area contributed by atoms with Crippen LogP contribution in [0.4, 0.5) is 4.39 Å². The molecule has 5 heteroatoms. The number of piperazine rings is 1. The summed E-state index contributed by atoms with van der Waals surface area (Å²) in [5, 5.41) is 2.74. The highest BCUT2D eigenvalue weighted by Gasteiger charge is 2.32. The summed E-state index contributed by atoms with van der Waals surface area (Å²) in [7, 11) is 0. The number of hydrogen-bond acceptors (Lipinski definition) is 2. The minimum Gasteiger partial charge on any atom is -0.353 e. The Bertz CT molecular complexity index is 496. The molecule has 1 unspecified atom stereocenters. The largest absolute Gasteiger partial charge is 0.353 e. The summed E-state index contributed by atoms with van der Waals surface area (Å²) in [6, 6.07) is 3.76. The standard InChI is InChI=1S/C14H17FN2O2/c1-3-12-13(18)16-4-5-17(12)14(19)10-6-9(2)7-11(15)8-10/h6-8,12H,3-5H2,1-2H3,(H,16,18). The number of hydrogen-bond donors (Lipinski definition) is 1. The van der Waals surface area contributed by atoms with Crippen molar-refractivity contribution >= 4 is 11.8 Å². The fourth-order valence-electron chi connectivity index (χ4n) is 2.39. The minimum absolute atomic E-state index is 0.143. The van der Waals surface area contributed by atoms with Crippen molar-refractivity contribution in [2.45, 2.75) is 26.3 Å². The third-order valence-corrected chi connectivity index (χ3v) is 3.27. The Morgan fingerprint density at radius 2 is 2.21 bits per heavy atom. The van der Waals surface area contributed by atoms with Gasteiger partial charge in [0.15, 0.2) is 0 Å². The van der Waals surface area contributed by atoms with Crippen LogP contribution in [-0.4, -0.2) is 35.8 Å². The van der Waals surface area contributed by atoms with Gasteiger partial charge in [-0.05, 0) is 37.1 Å². The molecule has 1 N–H and O–H groups in total. The SMILES string of the molecule is CCC1C(=O)NCCN1C(=O)c1cc(C)cc(F)c1. The molecular weight excluding hydrogens is 247 g/mol. The van der Waals surface area contributed by atoms with Gasteiger partial charge in [0.05, 0.1) is 0 Å². The van der Waals surface area contributed by atoms with E-state index in [4.69, 9.17) is 0 Å². The molecule has 0 bridgehead atoms. The average Bonchev–Trinajstić information content (AvgIpc) is 2.36. The number of carbonyl (C=O) groups excluding carboxylic acids is 2. The Labute approximate surface area is 111 Å². The summed E-state index contributed by atoms with van der Waals surface area (Å²) in [4.78, 5) is 25.6. The fraction of sp³-hybridized carbons (Fsp3) is 0.429. The van der Waals surface area contributed by atoms with Crippen LogP contribution in [0.1, 0.15) is 29.3 Å². The van der Waals surface area contributed by atoms with Gasteiger partial charge in [0.1, 0.15) is 11.9 Å². The number of nitrogens with zero attached hydrogens (tertiary/aromatic N) is 1. The van der Waals surface area contributed by atoms with E-state index in [-0.39, 0.29) is 11.8 Å². The van der Waals surface area contributed by atoms with Gasteiger partial charge in [0, 0.05) is 18.7 Å². The first-order valence-electron chi connectivity index (χ1n) is 6.38. The summed E-state index contributed by atoms with van der Waals surface area (Å²) in [5.74, 6) is -0.864. The van der Waals surface area contributed by atoms with Crippen molar-refractivity contribution < 1.29 is 14.0 Å². The molecule has 1 atom stereocenters. The van der Waals surface area contributed by atoms with E-state index in [1.54, 1.807) is 13.0 Å². The molecule has 1 saturated heterocycles. The van der Waals surface area contributed by atoms with Gasteiger partial charge < -0.3 is 10.2 Å². The van der Waals surface area contributed by atoms with Crippen LogP contribution in [0.2, 0.25) is 0 Å². The lowest BCUT2D eigenvalue weighted by atomic mass is 10.1. The van der Waals surface area contributed by atoms with Crippen LogP contribution < -0.4 is 5.32 Å². The molecule has 1 aliphatic heterocycles. The van der Waals surface area contributed by atoms with Gasteiger partial charge in [-0.2, -0.15) is 0 Å². The second-order valence-electron chi connectivity index (χ2n) is 4.73. The molecule has 2 rings (SSSR count). The number of aryl methyl sites for hydroxylation is 1. The van der Waals surface area contributed by atoms with Gasteiger partial charge in [-0.3, -0.25) is 9.59 Å². The van der Waals surface area contributed by atoms with Crippen LogP contribution >= 0.6 is 0 Å². The number of nitrogens with one attached hydrogen (secondary N) is 1. The lowest BCUT2D eigenvalue weighted by Gasteiger charge is -2.34. The molecule has 1 aromatic carbocycles. The Morgan fingerprint density at radius 3 is 2.84 bits per heavy atom. The Balaban J connectivity index is 2.29. The Hall–Kier alpha value is -1.91. The maximum atomic E-state index is 13.4. The van der Waals surface area contributed by atoms with Crippen LogP contribution in [0.5, 0.6) is 0 Å². The second kappa shape index (κ2) is 5.38. The monoisotopic (exact) mass is 264 g/mol. The number of carbonyl (C=O) groups is 2. The second-order valence-corrected chi connectivity index (χ2v) is 4.73. The van der Waals surface area contributed by atoms with Crippen LogP contribution in [0.15, 0.2) is 18.2 Å². The van der Waals surface area contributed by atoms with E-state index in [1.165, 1.54) is 17.0 Å². The molecular formula is C14H17FN2O2. The topological polar surface area (TPSA) is 49.4 Å². The molecule has 19 heavy (non-hydrogen) atoms. The van der Waals surface area contributed by atoms with Crippen molar-refractivity contribution in [3.8, 4) is 0 Å². The van der Waals surface area contributed by atoms with E-state index in [1.807, 2.05) is 6.92 Å². The van der Waals surface area contributed by atoms with Crippen molar-refractivity contribution in [1.82, 2.24) is 10.2 Å². The lowest BCUT2D eigenvalue weighted by molar-refractivity contribution is -0.127. The summed E-state index contributed by atoms with van der Waals surface area (Å²) in [5.41, 5.74) is 0.989. The smallest absolute Gasteiger partial charge is 0.254 e. The zero-order valence-electron chi connectivity index (χ0n) is 11.1. The number of benzene rings is 1. The highest BCUT2D eigenvalue weighted by atomic mass is 19.1. The Kier molecular flexibility index (Phi) is 3.83. The molecule has 1 aromatic rings. The summed E-state index contributed by atoms with van der Waals surface area (Å²) in [6.45, 7) is 4.49. The van der Waals surface area contributed by atoms with Crippen LogP contribution in [0, 0.1) is 12.7 Å². The first-order chi connectivity index (χ1) is 9.02. The van der Waals surface area contributed by atoms with Gasteiger partial charge in [-0.15, -0.1) is 0 Å². The molecule has 0 aliphatic carbocycles. The molecule has 1 aliphatic rings. The van der Waals surface area contributed by atoms with E-state index in [0.717, 1.165) is 0 Å². The van der Waals surface area contributed by atoms with Gasteiger partial charge in [0.25, 0.3) is 5.91 Å². The van der Waals surface area contributed by atoms with Gasteiger partial charge >= 0.3 is 0 Å². The molecule has 0 aromatic heterocycles. The molecule has 0 radical (unpaired) electrons. The number of rotatable bonds is 2. The van der Waals surface area contributed by atoms with Crippen molar-refractivity contribution in [2.24, 2.45) is 0 Å². The van der Waals surface area contributed by atoms with E-state index < -0.39 is 11.9 Å². The molecule has 1 heterocycles. The lowest BCUT2D eigenvalue weighted by Crippen LogP contribution is -2.56. The molecule has 0 saturated carbocycles. The van der Waals surface area contributed by atoms with Gasteiger partial charge in [-0.1, -0.05) is 6.92 Å². The predicted molar refractivity (Wildman–Crippen MR) is 69.3 cm³/mol. The highest BCUT2D eigenvalue weighted by molar-refractivity contribution is 5.98. The zero-order chi connectivity index (χ0) is 14.0. The molecule has 102 valence electrons. The summed E-state index contributed by atoms with van der Waals surface area (Å²) < 4.78 is 13.4. The third kappa shape index (κ3) is 2.75. The van der Waals surface area contributed by atoms with Crippen molar-refractivity contribution in [3.05, 3.63) is 35.1 Å². The van der Waals surface area contributed by atoms with E-state index in [0.29, 0.717) is 30.6 Å². The van der Waals surface area contributed by atoms with Crippen LogP contribution in [0.25, 0.3) is 0 Å². The fourth-order valence-corrected chi connectivity index (χ4v) is 2.39. The third-order valence-electron chi connectivity index (χ3n) is 3.27. The molecule has 4 nitrogen and oxygen atoms in total. The van der Waals surface area contributed by atoms with E-state index >= 15 is 0 Å².